The lowest BCUT2D eigenvalue weighted by Crippen LogP contribution is -2.40. The largest absolute Gasteiger partial charge is 0.348 e. The summed E-state index contributed by atoms with van der Waals surface area (Å²) < 4.78 is 0. The van der Waals surface area contributed by atoms with Crippen molar-refractivity contribution in [2.45, 2.75) is 38.8 Å². The Hall–Kier alpha value is -4.18. The van der Waals surface area contributed by atoms with Crippen LogP contribution in [0.4, 0.5) is 0 Å². The van der Waals surface area contributed by atoms with Crippen molar-refractivity contribution in [1.29, 1.82) is 0 Å². The van der Waals surface area contributed by atoms with Gasteiger partial charge in [0, 0.05) is 36.6 Å². The molecule has 3 amide bonds. The van der Waals surface area contributed by atoms with Crippen LogP contribution in [-0.4, -0.2) is 29.3 Å². The van der Waals surface area contributed by atoms with Crippen LogP contribution in [0.5, 0.6) is 0 Å². The van der Waals surface area contributed by atoms with Crippen molar-refractivity contribution in [3.05, 3.63) is 77.6 Å². The number of nitrogens with one attached hydrogen (secondary N) is 3. The molecular formula is C27H28N4O3. The van der Waals surface area contributed by atoms with Gasteiger partial charge in [-0.05, 0) is 49.1 Å². The summed E-state index contributed by atoms with van der Waals surface area (Å²) in [6, 6.07) is 15.9. The second-order valence-electron chi connectivity index (χ2n) is 7.93. The molecular weight excluding hydrogens is 428 g/mol. The van der Waals surface area contributed by atoms with E-state index in [-0.39, 0.29) is 12.5 Å². The average molecular weight is 457 g/mol. The van der Waals surface area contributed by atoms with Gasteiger partial charge in [0.15, 0.2) is 0 Å². The quantitative estimate of drug-likeness (QED) is 0.392. The first-order chi connectivity index (χ1) is 16.5. The van der Waals surface area contributed by atoms with Crippen LogP contribution in [0.25, 0.3) is 10.8 Å². The Balaban J connectivity index is 0.00000103. The maximum Gasteiger partial charge on any atom is 0.309 e. The maximum absolute atomic E-state index is 13.2. The number of likely N-dealkylation sites (N-methyl/N-ethyl adjacent to an activating group) is 1. The summed E-state index contributed by atoms with van der Waals surface area (Å²) in [5, 5.41) is 10.5. The first kappa shape index (κ1) is 24.5. The van der Waals surface area contributed by atoms with Crippen molar-refractivity contribution in [2.75, 3.05) is 6.54 Å². The first-order valence-electron chi connectivity index (χ1n) is 11.1. The van der Waals surface area contributed by atoms with E-state index in [1.807, 2.05) is 18.2 Å². The number of terminal acetylenes is 1. The van der Waals surface area contributed by atoms with Crippen molar-refractivity contribution in [3.8, 4) is 12.3 Å². The topological polar surface area (TPSA) is 100 Å². The van der Waals surface area contributed by atoms with Crippen LogP contribution in [-0.2, 0) is 21.7 Å². The number of amides is 3. The number of pyridine rings is 1. The predicted molar refractivity (Wildman–Crippen MR) is 132 cm³/mol. The van der Waals surface area contributed by atoms with Gasteiger partial charge in [-0.1, -0.05) is 42.5 Å². The van der Waals surface area contributed by atoms with Gasteiger partial charge in [-0.2, -0.15) is 0 Å². The number of aromatic nitrogens is 1. The zero-order valence-corrected chi connectivity index (χ0v) is 19.4. The zero-order valence-electron chi connectivity index (χ0n) is 19.4. The number of rotatable bonds is 6. The van der Waals surface area contributed by atoms with Crippen LogP contribution >= 0.6 is 0 Å². The van der Waals surface area contributed by atoms with E-state index in [1.54, 1.807) is 26.1 Å². The third-order valence-corrected chi connectivity index (χ3v) is 5.54. The number of fused-ring (bicyclic) bond motifs is 1. The molecule has 7 nitrogen and oxygen atoms in total. The van der Waals surface area contributed by atoms with Gasteiger partial charge in [0.1, 0.15) is 0 Å². The van der Waals surface area contributed by atoms with E-state index < -0.39 is 17.4 Å². The van der Waals surface area contributed by atoms with Crippen molar-refractivity contribution in [2.24, 2.45) is 0 Å². The summed E-state index contributed by atoms with van der Waals surface area (Å²) in [5.74, 6) is 0.576. The van der Waals surface area contributed by atoms with Crippen molar-refractivity contribution >= 4 is 28.5 Å². The molecule has 34 heavy (non-hydrogen) atoms. The summed E-state index contributed by atoms with van der Waals surface area (Å²) in [7, 11) is 0. The van der Waals surface area contributed by atoms with Crippen LogP contribution in [0, 0.1) is 12.3 Å². The number of carbonyl (C=O) groups is 3. The third kappa shape index (κ3) is 5.59. The molecule has 7 heteroatoms. The number of nitrogens with zero attached hydrogens (tertiary/aromatic N) is 1. The maximum atomic E-state index is 13.2. The van der Waals surface area contributed by atoms with Crippen LogP contribution in [0.3, 0.4) is 0 Å². The van der Waals surface area contributed by atoms with Crippen molar-refractivity contribution in [3.63, 3.8) is 0 Å². The Bertz CT molecular complexity index is 1240. The molecule has 0 spiro atoms. The minimum atomic E-state index is -0.744. The summed E-state index contributed by atoms with van der Waals surface area (Å²) in [6.07, 6.45) is 9.40. The van der Waals surface area contributed by atoms with Gasteiger partial charge in [-0.25, -0.2) is 0 Å². The second kappa shape index (κ2) is 11.1. The van der Waals surface area contributed by atoms with Gasteiger partial charge in [0.25, 0.3) is 5.91 Å². The molecule has 0 radical (unpaired) electrons. The van der Waals surface area contributed by atoms with Crippen LogP contribution in [0.2, 0.25) is 0 Å². The molecule has 1 aliphatic rings. The average Bonchev–Trinajstić information content (AvgIpc) is 3.63. The molecule has 4 rings (SSSR count). The van der Waals surface area contributed by atoms with Crippen LogP contribution in [0.1, 0.15) is 48.2 Å². The number of benzene rings is 2. The number of hydrogen-bond donors (Lipinski definition) is 3. The second-order valence-corrected chi connectivity index (χ2v) is 7.93. The van der Waals surface area contributed by atoms with E-state index in [9.17, 15) is 14.4 Å². The minimum Gasteiger partial charge on any atom is -0.348 e. The fourth-order valence-electron chi connectivity index (χ4n) is 3.80. The van der Waals surface area contributed by atoms with E-state index in [0.717, 1.165) is 29.2 Å². The summed E-state index contributed by atoms with van der Waals surface area (Å²) >= 11 is 0. The highest BCUT2D eigenvalue weighted by Gasteiger charge is 2.46. The van der Waals surface area contributed by atoms with E-state index >= 15 is 0 Å². The van der Waals surface area contributed by atoms with Crippen LogP contribution in [0.15, 0.2) is 60.9 Å². The molecule has 1 saturated carbocycles. The first-order valence-corrected chi connectivity index (χ1v) is 11.1. The van der Waals surface area contributed by atoms with Gasteiger partial charge in [-0.3, -0.25) is 19.4 Å². The summed E-state index contributed by atoms with van der Waals surface area (Å²) in [5.41, 5.74) is 1.69. The number of hydrogen-bond acceptors (Lipinski definition) is 4. The standard InChI is InChI=1S/C24H24N4O3.C3H4/c1-2-26-22(30)23(31)27-15-17-14-25-13-10-19(17)21(29)28-24(11-12-24)20-9-5-7-16-6-3-4-8-18(16)20;1-3-2/h3-10,13-14H,2,11-12,15H2,1H3,(H,26,30)(H,27,31)(H,28,29);1H,2H3. The molecule has 0 aliphatic heterocycles. The van der Waals surface area contributed by atoms with E-state index in [2.05, 4.69) is 57.5 Å². The molecule has 0 bridgehead atoms. The van der Waals surface area contributed by atoms with Crippen LogP contribution < -0.4 is 16.0 Å². The molecule has 1 fully saturated rings. The minimum absolute atomic E-state index is 0.0355. The van der Waals surface area contributed by atoms with Crippen molar-refractivity contribution in [1.82, 2.24) is 20.9 Å². The Labute approximate surface area is 199 Å². The smallest absolute Gasteiger partial charge is 0.309 e. The van der Waals surface area contributed by atoms with E-state index in [4.69, 9.17) is 0 Å². The Morgan fingerprint density at radius 1 is 1.03 bits per heavy atom. The zero-order chi connectivity index (χ0) is 24.6. The summed E-state index contributed by atoms with van der Waals surface area (Å²) in [6.45, 7) is 3.79. The van der Waals surface area contributed by atoms with Gasteiger partial charge in [0.2, 0.25) is 0 Å². The molecule has 2 aromatic carbocycles. The van der Waals surface area contributed by atoms with Gasteiger partial charge in [-0.15, -0.1) is 12.3 Å². The van der Waals surface area contributed by atoms with Gasteiger partial charge in [0.05, 0.1) is 5.54 Å². The van der Waals surface area contributed by atoms with Gasteiger partial charge >= 0.3 is 11.8 Å². The predicted octanol–water partition coefficient (Wildman–Crippen LogP) is 3.05. The molecule has 1 aliphatic carbocycles. The molecule has 0 saturated heterocycles. The normalized spacial score (nSPS) is 13.0. The Morgan fingerprint density at radius 3 is 2.41 bits per heavy atom. The Kier molecular flexibility index (Phi) is 7.99. The highest BCUT2D eigenvalue weighted by atomic mass is 16.2. The highest BCUT2D eigenvalue weighted by Crippen LogP contribution is 2.48. The van der Waals surface area contributed by atoms with Crippen molar-refractivity contribution < 1.29 is 14.4 Å². The Morgan fingerprint density at radius 2 is 1.71 bits per heavy atom. The fourth-order valence-corrected chi connectivity index (χ4v) is 3.80. The molecule has 0 unspecified atom stereocenters. The molecule has 3 N–H and O–H groups in total. The van der Waals surface area contributed by atoms with E-state index in [0.29, 0.717) is 17.7 Å². The SMILES string of the molecule is C#CC.CCNC(=O)C(=O)NCc1cnccc1C(=O)NC1(c2cccc3ccccc23)CC1. The fraction of sp³-hybridized carbons (Fsp3) is 0.259. The molecule has 1 aromatic heterocycles. The molecule has 174 valence electrons. The molecule has 0 atom stereocenters. The summed E-state index contributed by atoms with van der Waals surface area (Å²) in [4.78, 5) is 40.8. The third-order valence-electron chi connectivity index (χ3n) is 5.54. The van der Waals surface area contributed by atoms with Gasteiger partial charge < -0.3 is 16.0 Å². The lowest BCUT2D eigenvalue weighted by Gasteiger charge is -2.21. The lowest BCUT2D eigenvalue weighted by atomic mass is 9.96. The number of carbonyl (C=O) groups excluding carboxylic acids is 3. The monoisotopic (exact) mass is 456 g/mol. The highest BCUT2D eigenvalue weighted by molar-refractivity contribution is 6.35. The molecule has 3 aromatic rings. The lowest BCUT2D eigenvalue weighted by molar-refractivity contribution is -0.139. The van der Waals surface area contributed by atoms with E-state index in [1.165, 1.54) is 6.20 Å². The molecule has 1 heterocycles.